The first-order chi connectivity index (χ1) is 13.7. The summed E-state index contributed by atoms with van der Waals surface area (Å²) in [7, 11) is 1.62. The summed E-state index contributed by atoms with van der Waals surface area (Å²) in [5, 5.41) is 6.14. The summed E-state index contributed by atoms with van der Waals surface area (Å²) in [6.07, 6.45) is 5.26. The molecular formula is C23H19N3O2. The Morgan fingerprint density at radius 3 is 2.46 bits per heavy atom. The number of ether oxygens (including phenoxy) is 1. The van der Waals surface area contributed by atoms with Crippen molar-refractivity contribution in [1.29, 1.82) is 0 Å². The second-order valence-corrected chi connectivity index (χ2v) is 6.42. The van der Waals surface area contributed by atoms with Crippen molar-refractivity contribution in [3.63, 3.8) is 0 Å². The lowest BCUT2D eigenvalue weighted by Gasteiger charge is -2.14. The first-order valence-electron chi connectivity index (χ1n) is 8.92. The van der Waals surface area contributed by atoms with Gasteiger partial charge in [-0.1, -0.05) is 24.3 Å². The molecule has 138 valence electrons. The number of anilines is 1. The predicted molar refractivity (Wildman–Crippen MR) is 110 cm³/mol. The molecule has 0 unspecified atom stereocenters. The number of aryl methyl sites for hydroxylation is 1. The van der Waals surface area contributed by atoms with Gasteiger partial charge in [0.25, 0.3) is 5.91 Å². The van der Waals surface area contributed by atoms with E-state index in [2.05, 4.69) is 10.1 Å². The van der Waals surface area contributed by atoms with Gasteiger partial charge in [0.1, 0.15) is 11.5 Å². The van der Waals surface area contributed by atoms with Crippen LogP contribution in [0.1, 0.15) is 16.7 Å². The topological polar surface area (TPSA) is 54.8 Å². The van der Waals surface area contributed by atoms with Crippen LogP contribution in [-0.4, -0.2) is 23.7 Å². The lowest BCUT2D eigenvalue weighted by molar-refractivity contribution is -0.114. The van der Waals surface area contributed by atoms with Gasteiger partial charge in [-0.2, -0.15) is 10.1 Å². The highest BCUT2D eigenvalue weighted by Gasteiger charge is 2.32. The Kier molecular flexibility index (Phi) is 4.72. The number of aromatic nitrogens is 1. The van der Waals surface area contributed by atoms with Gasteiger partial charge in [0.2, 0.25) is 0 Å². The molecule has 0 fully saturated rings. The number of nitrogens with zero attached hydrogens (tertiary/aromatic N) is 3. The van der Waals surface area contributed by atoms with Crippen molar-refractivity contribution in [3.8, 4) is 5.75 Å². The van der Waals surface area contributed by atoms with Crippen LogP contribution >= 0.6 is 0 Å². The van der Waals surface area contributed by atoms with E-state index in [1.165, 1.54) is 5.01 Å². The average Bonchev–Trinajstić information content (AvgIpc) is 3.05. The summed E-state index contributed by atoms with van der Waals surface area (Å²) in [5.41, 5.74) is 4.60. The smallest absolute Gasteiger partial charge is 0.281 e. The molecule has 0 N–H and O–H groups in total. The molecule has 0 saturated carbocycles. The van der Waals surface area contributed by atoms with Crippen molar-refractivity contribution in [2.24, 2.45) is 5.10 Å². The van der Waals surface area contributed by atoms with Crippen LogP contribution in [0.3, 0.4) is 0 Å². The highest BCUT2D eigenvalue weighted by molar-refractivity contribution is 6.37. The van der Waals surface area contributed by atoms with Crippen molar-refractivity contribution < 1.29 is 9.53 Å². The zero-order chi connectivity index (χ0) is 19.5. The van der Waals surface area contributed by atoms with E-state index in [-0.39, 0.29) is 5.91 Å². The molecule has 5 nitrogen and oxygen atoms in total. The van der Waals surface area contributed by atoms with Gasteiger partial charge in [-0.3, -0.25) is 9.78 Å². The third-order valence-electron chi connectivity index (χ3n) is 4.58. The second kappa shape index (κ2) is 7.48. The summed E-state index contributed by atoms with van der Waals surface area (Å²) < 4.78 is 5.24. The molecule has 1 aromatic heterocycles. The van der Waals surface area contributed by atoms with Gasteiger partial charge in [0.15, 0.2) is 0 Å². The summed E-state index contributed by atoms with van der Waals surface area (Å²) in [6, 6.07) is 19.0. The highest BCUT2D eigenvalue weighted by atomic mass is 16.5. The maximum Gasteiger partial charge on any atom is 0.281 e. The third kappa shape index (κ3) is 3.30. The predicted octanol–water partition coefficient (Wildman–Crippen LogP) is 4.23. The first-order valence-corrected chi connectivity index (χ1v) is 8.92. The minimum atomic E-state index is -0.163. The van der Waals surface area contributed by atoms with Gasteiger partial charge in [-0.05, 0) is 60.5 Å². The first kappa shape index (κ1) is 17.7. The number of hydrogen-bond donors (Lipinski definition) is 0. The number of methoxy groups -OCH3 is 1. The molecule has 1 aliphatic rings. The van der Waals surface area contributed by atoms with E-state index < -0.39 is 0 Å². The Morgan fingerprint density at radius 1 is 1.00 bits per heavy atom. The minimum absolute atomic E-state index is 0.163. The van der Waals surface area contributed by atoms with Gasteiger partial charge < -0.3 is 4.74 Å². The Bertz CT molecular complexity index is 1070. The molecule has 0 aliphatic carbocycles. The maximum atomic E-state index is 13.3. The molecule has 2 heterocycles. The number of amides is 1. The number of para-hydroxylation sites is 1. The van der Waals surface area contributed by atoms with Crippen molar-refractivity contribution in [2.45, 2.75) is 6.92 Å². The van der Waals surface area contributed by atoms with Crippen LogP contribution < -0.4 is 9.75 Å². The maximum absolute atomic E-state index is 13.3. The van der Waals surface area contributed by atoms with Gasteiger partial charge in [-0.15, -0.1) is 0 Å². The van der Waals surface area contributed by atoms with E-state index in [1.54, 1.807) is 19.5 Å². The Balaban J connectivity index is 1.83. The van der Waals surface area contributed by atoms with E-state index in [1.807, 2.05) is 73.7 Å². The summed E-state index contributed by atoms with van der Waals surface area (Å²) >= 11 is 0. The standard InChI is InChI=1S/C23H19N3O2/c1-16-6-3-4-8-21(16)26-23(27)20(14-17-7-5-13-24-15-17)22(25-26)18-9-11-19(28-2)12-10-18/h3-15H,1-2H3/b20-14+. The summed E-state index contributed by atoms with van der Waals surface area (Å²) in [6.45, 7) is 1.97. The van der Waals surface area contributed by atoms with Crippen molar-refractivity contribution >= 4 is 23.4 Å². The lowest BCUT2D eigenvalue weighted by Crippen LogP contribution is -2.22. The highest BCUT2D eigenvalue weighted by Crippen LogP contribution is 2.30. The number of hydrogen-bond acceptors (Lipinski definition) is 4. The van der Waals surface area contributed by atoms with Crippen LogP contribution in [0.4, 0.5) is 5.69 Å². The molecule has 0 atom stereocenters. The molecule has 28 heavy (non-hydrogen) atoms. The van der Waals surface area contributed by atoms with Crippen LogP contribution in [-0.2, 0) is 4.79 Å². The van der Waals surface area contributed by atoms with E-state index in [0.717, 1.165) is 28.1 Å². The SMILES string of the molecule is COc1ccc(C2=NN(c3ccccc3C)C(=O)/C2=C/c2cccnc2)cc1. The van der Waals surface area contributed by atoms with E-state index >= 15 is 0 Å². The fourth-order valence-corrected chi connectivity index (χ4v) is 3.10. The monoisotopic (exact) mass is 369 g/mol. The van der Waals surface area contributed by atoms with Crippen molar-refractivity contribution in [3.05, 3.63) is 95.3 Å². The van der Waals surface area contributed by atoms with Crippen LogP contribution in [0.2, 0.25) is 0 Å². The quantitative estimate of drug-likeness (QED) is 0.647. The molecule has 0 bridgehead atoms. The molecule has 1 amide bonds. The van der Waals surface area contributed by atoms with Crippen LogP contribution in [0, 0.1) is 6.92 Å². The Morgan fingerprint density at radius 2 is 1.79 bits per heavy atom. The zero-order valence-electron chi connectivity index (χ0n) is 15.7. The number of hydrazone groups is 1. The zero-order valence-corrected chi connectivity index (χ0v) is 15.7. The summed E-state index contributed by atoms with van der Waals surface area (Å²) in [4.78, 5) is 17.4. The normalized spacial score (nSPS) is 15.1. The number of benzene rings is 2. The second-order valence-electron chi connectivity index (χ2n) is 6.42. The van der Waals surface area contributed by atoms with Crippen molar-refractivity contribution in [2.75, 3.05) is 12.1 Å². The molecule has 2 aromatic carbocycles. The minimum Gasteiger partial charge on any atom is -0.497 e. The van der Waals surface area contributed by atoms with E-state index in [4.69, 9.17) is 4.74 Å². The van der Waals surface area contributed by atoms with E-state index in [9.17, 15) is 4.79 Å². The van der Waals surface area contributed by atoms with Gasteiger partial charge in [-0.25, -0.2) is 0 Å². The van der Waals surface area contributed by atoms with Gasteiger partial charge in [0.05, 0.1) is 18.4 Å². The Labute approximate surface area is 163 Å². The molecule has 5 heteroatoms. The largest absolute Gasteiger partial charge is 0.497 e. The van der Waals surface area contributed by atoms with Crippen LogP contribution in [0.25, 0.3) is 6.08 Å². The fraction of sp³-hybridized carbons (Fsp3) is 0.0870. The lowest BCUT2D eigenvalue weighted by atomic mass is 10.0. The molecule has 0 spiro atoms. The van der Waals surface area contributed by atoms with E-state index in [0.29, 0.717) is 11.3 Å². The van der Waals surface area contributed by atoms with Crippen LogP contribution in [0.5, 0.6) is 5.75 Å². The molecule has 0 saturated heterocycles. The molecule has 4 rings (SSSR count). The summed E-state index contributed by atoms with van der Waals surface area (Å²) in [5.74, 6) is 0.589. The van der Waals surface area contributed by atoms with Gasteiger partial charge >= 0.3 is 0 Å². The number of rotatable bonds is 4. The number of carbonyl (C=O) groups excluding carboxylic acids is 1. The van der Waals surface area contributed by atoms with Gasteiger partial charge in [0, 0.05) is 18.0 Å². The average molecular weight is 369 g/mol. The van der Waals surface area contributed by atoms with Crippen molar-refractivity contribution in [1.82, 2.24) is 4.98 Å². The Hall–Kier alpha value is -3.73. The fourth-order valence-electron chi connectivity index (χ4n) is 3.10. The molecule has 0 radical (unpaired) electrons. The number of carbonyl (C=O) groups is 1. The van der Waals surface area contributed by atoms with Crippen LogP contribution in [0.15, 0.2) is 83.7 Å². The molecule has 1 aliphatic heterocycles. The molecule has 3 aromatic rings. The molecular weight excluding hydrogens is 350 g/mol. The number of pyridine rings is 1. The third-order valence-corrected chi connectivity index (χ3v) is 4.58.